The molecule has 0 bridgehead atoms. The number of amides is 1. The van der Waals surface area contributed by atoms with Crippen LogP contribution in [-0.4, -0.2) is 27.6 Å². The molecule has 0 spiro atoms. The molecule has 1 saturated carbocycles. The van der Waals surface area contributed by atoms with Crippen molar-refractivity contribution in [2.24, 2.45) is 5.92 Å². The van der Waals surface area contributed by atoms with Gasteiger partial charge in [0.05, 0.1) is 5.60 Å². The van der Waals surface area contributed by atoms with E-state index in [1.165, 1.54) is 11.1 Å². The molecule has 0 aromatic heterocycles. The summed E-state index contributed by atoms with van der Waals surface area (Å²) in [6, 6.07) is 6.46. The minimum atomic E-state index is -0.597. The Bertz CT molecular complexity index is 551. The van der Waals surface area contributed by atoms with E-state index in [1.807, 2.05) is 44.7 Å². The highest BCUT2D eigenvalue weighted by atomic mass is 16.3. The number of hydrogen-bond donors (Lipinski definition) is 1. The van der Waals surface area contributed by atoms with Crippen LogP contribution in [0.2, 0.25) is 0 Å². The van der Waals surface area contributed by atoms with Crippen LogP contribution >= 0.6 is 0 Å². The predicted molar refractivity (Wildman–Crippen MR) is 94.4 cm³/mol. The van der Waals surface area contributed by atoms with Crippen molar-refractivity contribution in [3.8, 4) is 0 Å². The Kier molecular flexibility index (Phi) is 5.51. The lowest BCUT2D eigenvalue weighted by atomic mass is 9.77. The van der Waals surface area contributed by atoms with Gasteiger partial charge in [0, 0.05) is 18.2 Å². The summed E-state index contributed by atoms with van der Waals surface area (Å²) in [7, 11) is 0. The van der Waals surface area contributed by atoms with E-state index in [2.05, 4.69) is 13.0 Å². The lowest BCUT2D eigenvalue weighted by Gasteiger charge is -2.39. The molecule has 3 nitrogen and oxygen atoms in total. The highest BCUT2D eigenvalue weighted by Gasteiger charge is 2.37. The van der Waals surface area contributed by atoms with Gasteiger partial charge in [-0.05, 0) is 64.0 Å². The predicted octanol–water partition coefficient (Wildman–Crippen LogP) is 4.31. The normalized spacial score (nSPS) is 24.1. The molecule has 3 heteroatoms. The highest BCUT2D eigenvalue weighted by Crippen LogP contribution is 2.37. The molecule has 1 aliphatic heterocycles. The molecule has 0 unspecified atom stereocenters. The number of hydrogen-bond acceptors (Lipinski definition) is 2. The summed E-state index contributed by atoms with van der Waals surface area (Å²) in [4.78, 5) is 14.6. The second-order valence-electron chi connectivity index (χ2n) is 7.25. The minimum Gasteiger partial charge on any atom is -0.390 e. The van der Waals surface area contributed by atoms with Gasteiger partial charge >= 0.3 is 0 Å². The standard InChI is InChI=1S/C18H25NO2.C2H6/c1-12-4-9-16-13(10-12)11-19(17(16)20)15-7-5-14(6-8-15)18(2,3)21;1-2/h4,9-10,14-15,21H,5-8,11H2,1-3H3;1-2H3. The zero-order chi connectivity index (χ0) is 17.2. The number of rotatable bonds is 2. The Hall–Kier alpha value is -1.35. The van der Waals surface area contributed by atoms with Crippen molar-refractivity contribution in [1.29, 1.82) is 0 Å². The molecule has 23 heavy (non-hydrogen) atoms. The van der Waals surface area contributed by atoms with Crippen LogP contribution in [-0.2, 0) is 6.54 Å². The molecular formula is C20H31NO2. The largest absolute Gasteiger partial charge is 0.390 e. The van der Waals surface area contributed by atoms with Gasteiger partial charge < -0.3 is 10.0 Å². The van der Waals surface area contributed by atoms with Gasteiger partial charge in [-0.15, -0.1) is 0 Å². The van der Waals surface area contributed by atoms with E-state index in [1.54, 1.807) is 0 Å². The van der Waals surface area contributed by atoms with Crippen LogP contribution in [0.4, 0.5) is 0 Å². The van der Waals surface area contributed by atoms with Crippen LogP contribution in [0.15, 0.2) is 18.2 Å². The Morgan fingerprint density at radius 1 is 1.13 bits per heavy atom. The summed E-state index contributed by atoms with van der Waals surface area (Å²) in [5.74, 6) is 0.549. The van der Waals surface area contributed by atoms with E-state index in [4.69, 9.17) is 0 Å². The molecule has 0 saturated heterocycles. The fourth-order valence-corrected chi connectivity index (χ4v) is 3.86. The first-order valence-electron chi connectivity index (χ1n) is 8.99. The Morgan fingerprint density at radius 3 is 2.30 bits per heavy atom. The van der Waals surface area contributed by atoms with E-state index in [0.717, 1.165) is 37.8 Å². The maximum Gasteiger partial charge on any atom is 0.254 e. The first-order chi connectivity index (χ1) is 10.9. The van der Waals surface area contributed by atoms with E-state index >= 15 is 0 Å². The summed E-state index contributed by atoms with van der Waals surface area (Å²) >= 11 is 0. The van der Waals surface area contributed by atoms with Crippen LogP contribution in [0, 0.1) is 12.8 Å². The number of carbonyl (C=O) groups excluding carboxylic acids is 1. The number of fused-ring (bicyclic) bond motifs is 1. The van der Waals surface area contributed by atoms with E-state index in [0.29, 0.717) is 12.0 Å². The van der Waals surface area contributed by atoms with Crippen molar-refractivity contribution in [2.75, 3.05) is 0 Å². The molecule has 1 N–H and O–H groups in total. The van der Waals surface area contributed by atoms with Crippen molar-refractivity contribution >= 4 is 5.91 Å². The lowest BCUT2D eigenvalue weighted by Crippen LogP contribution is -2.42. The SMILES string of the molecule is CC.Cc1ccc2c(c1)CN(C1CCC(C(C)(C)O)CC1)C2=O. The maximum atomic E-state index is 12.6. The van der Waals surface area contributed by atoms with E-state index in [-0.39, 0.29) is 5.91 Å². The summed E-state index contributed by atoms with van der Waals surface area (Å²) in [5.41, 5.74) is 2.67. The minimum absolute atomic E-state index is 0.191. The number of aryl methyl sites for hydroxylation is 1. The van der Waals surface area contributed by atoms with Gasteiger partial charge in [0.15, 0.2) is 0 Å². The summed E-state index contributed by atoms with van der Waals surface area (Å²) in [5, 5.41) is 10.1. The molecule has 0 atom stereocenters. The van der Waals surface area contributed by atoms with E-state index < -0.39 is 5.60 Å². The van der Waals surface area contributed by atoms with Gasteiger partial charge in [0.2, 0.25) is 0 Å². The van der Waals surface area contributed by atoms with Crippen molar-refractivity contribution in [1.82, 2.24) is 4.90 Å². The van der Waals surface area contributed by atoms with Crippen molar-refractivity contribution < 1.29 is 9.90 Å². The number of carbonyl (C=O) groups is 1. The van der Waals surface area contributed by atoms with Crippen LogP contribution in [0.3, 0.4) is 0 Å². The molecule has 3 rings (SSSR count). The molecule has 128 valence electrons. The molecular weight excluding hydrogens is 286 g/mol. The van der Waals surface area contributed by atoms with Crippen molar-refractivity contribution in [3.05, 3.63) is 34.9 Å². The molecule has 1 aliphatic carbocycles. The van der Waals surface area contributed by atoms with Gasteiger partial charge in [0.1, 0.15) is 0 Å². The molecule has 1 amide bonds. The van der Waals surface area contributed by atoms with Crippen molar-refractivity contribution in [3.63, 3.8) is 0 Å². The number of nitrogens with zero attached hydrogens (tertiary/aromatic N) is 1. The third-order valence-corrected chi connectivity index (χ3v) is 5.23. The Morgan fingerprint density at radius 2 is 1.74 bits per heavy atom. The fraction of sp³-hybridized carbons (Fsp3) is 0.650. The third-order valence-electron chi connectivity index (χ3n) is 5.23. The highest BCUT2D eigenvalue weighted by molar-refractivity contribution is 5.98. The van der Waals surface area contributed by atoms with Gasteiger partial charge in [-0.25, -0.2) is 0 Å². The Balaban J connectivity index is 0.000000924. The topological polar surface area (TPSA) is 40.5 Å². The van der Waals surface area contributed by atoms with Gasteiger partial charge in [0.25, 0.3) is 5.91 Å². The average Bonchev–Trinajstić information content (AvgIpc) is 2.85. The van der Waals surface area contributed by atoms with Gasteiger partial charge in [-0.1, -0.05) is 31.5 Å². The fourth-order valence-electron chi connectivity index (χ4n) is 3.86. The van der Waals surface area contributed by atoms with Crippen LogP contribution < -0.4 is 0 Å². The summed E-state index contributed by atoms with van der Waals surface area (Å²) in [6.45, 7) is 10.6. The maximum absolute atomic E-state index is 12.6. The summed E-state index contributed by atoms with van der Waals surface area (Å²) in [6.07, 6.45) is 4.03. The molecule has 2 aliphatic rings. The molecule has 0 radical (unpaired) electrons. The molecule has 1 aromatic rings. The van der Waals surface area contributed by atoms with Crippen LogP contribution in [0.1, 0.15) is 74.9 Å². The van der Waals surface area contributed by atoms with Crippen molar-refractivity contribution in [2.45, 2.75) is 78.5 Å². The quantitative estimate of drug-likeness (QED) is 0.883. The molecule has 1 fully saturated rings. The lowest BCUT2D eigenvalue weighted by molar-refractivity contribution is -0.0106. The summed E-state index contributed by atoms with van der Waals surface area (Å²) < 4.78 is 0. The Labute approximate surface area is 140 Å². The average molecular weight is 317 g/mol. The van der Waals surface area contributed by atoms with Crippen LogP contribution in [0.25, 0.3) is 0 Å². The third kappa shape index (κ3) is 3.77. The van der Waals surface area contributed by atoms with Gasteiger partial charge in [-0.3, -0.25) is 4.79 Å². The second-order valence-corrected chi connectivity index (χ2v) is 7.25. The monoisotopic (exact) mass is 317 g/mol. The first-order valence-corrected chi connectivity index (χ1v) is 8.99. The van der Waals surface area contributed by atoms with Crippen LogP contribution in [0.5, 0.6) is 0 Å². The molecule has 1 heterocycles. The van der Waals surface area contributed by atoms with E-state index in [9.17, 15) is 9.90 Å². The first kappa shape index (κ1) is 18.0. The number of benzene rings is 1. The second kappa shape index (κ2) is 7.04. The van der Waals surface area contributed by atoms with Gasteiger partial charge in [-0.2, -0.15) is 0 Å². The molecule has 1 aromatic carbocycles. The zero-order valence-electron chi connectivity index (χ0n) is 15.2. The smallest absolute Gasteiger partial charge is 0.254 e. The zero-order valence-corrected chi connectivity index (χ0v) is 15.2. The number of aliphatic hydroxyl groups is 1.